The van der Waals surface area contributed by atoms with Crippen LogP contribution in [0.4, 0.5) is 0 Å². The van der Waals surface area contributed by atoms with Gasteiger partial charge in [0.05, 0.1) is 12.2 Å². The molecule has 0 radical (unpaired) electrons. The Hall–Kier alpha value is -1.25. The van der Waals surface area contributed by atoms with Gasteiger partial charge in [0.1, 0.15) is 0 Å². The lowest BCUT2D eigenvalue weighted by atomic mass is 10.0. The normalized spacial score (nSPS) is 16.1. The average Bonchev–Trinajstić information content (AvgIpc) is 2.15. The largest absolute Gasteiger partial charge is 0.462 e. The van der Waals surface area contributed by atoms with E-state index in [2.05, 4.69) is 0 Å². The number of esters is 1. The molecule has 1 rings (SSSR count). The first-order valence-electron chi connectivity index (χ1n) is 4.58. The average molecular weight is 181 g/mol. The number of hydrogen-bond donors (Lipinski definition) is 1. The zero-order valence-corrected chi connectivity index (χ0v) is 7.88. The first-order chi connectivity index (χ1) is 6.25. The summed E-state index contributed by atoms with van der Waals surface area (Å²) in [6, 6.07) is 0. The van der Waals surface area contributed by atoms with Crippen molar-refractivity contribution in [2.75, 3.05) is 6.61 Å². The van der Waals surface area contributed by atoms with Gasteiger partial charge in [-0.2, -0.15) is 0 Å². The molecule has 0 aromatic carbocycles. The minimum atomic E-state index is -0.296. The highest BCUT2D eigenvalue weighted by Crippen LogP contribution is 2.15. The maximum Gasteiger partial charge on any atom is 0.339 e. The van der Waals surface area contributed by atoms with E-state index in [-0.39, 0.29) is 5.97 Å². The minimum absolute atomic E-state index is 0.296. The Morgan fingerprint density at radius 2 is 2.46 bits per heavy atom. The summed E-state index contributed by atoms with van der Waals surface area (Å²) in [6.45, 7) is 2.42. The van der Waals surface area contributed by atoms with Gasteiger partial charge >= 0.3 is 5.97 Å². The van der Waals surface area contributed by atoms with E-state index < -0.39 is 0 Å². The van der Waals surface area contributed by atoms with E-state index in [1.165, 1.54) is 0 Å². The zero-order valence-electron chi connectivity index (χ0n) is 7.88. The van der Waals surface area contributed by atoms with E-state index in [0.29, 0.717) is 17.9 Å². The van der Waals surface area contributed by atoms with E-state index in [9.17, 15) is 4.79 Å². The van der Waals surface area contributed by atoms with Gasteiger partial charge < -0.3 is 10.5 Å². The molecule has 0 bridgehead atoms. The molecule has 72 valence electrons. The third kappa shape index (κ3) is 2.61. The number of allylic oxidation sites excluding steroid dienone is 2. The van der Waals surface area contributed by atoms with Crippen LogP contribution in [0.5, 0.6) is 0 Å². The van der Waals surface area contributed by atoms with Crippen LogP contribution in [-0.2, 0) is 9.53 Å². The number of hydrogen-bond acceptors (Lipinski definition) is 3. The van der Waals surface area contributed by atoms with Crippen LogP contribution >= 0.6 is 0 Å². The summed E-state index contributed by atoms with van der Waals surface area (Å²) in [4.78, 5) is 11.4. The van der Waals surface area contributed by atoms with Gasteiger partial charge in [-0.25, -0.2) is 4.79 Å². The zero-order chi connectivity index (χ0) is 9.68. The number of carbonyl (C=O) groups is 1. The second kappa shape index (κ2) is 4.70. The standard InChI is InChI=1S/C10H15NO2/c1-2-7-13-10(12)8-5-3-4-6-9(8)11/h3,5H,2,4,6-7,11H2,1H3. The highest BCUT2D eigenvalue weighted by Gasteiger charge is 2.13. The van der Waals surface area contributed by atoms with Crippen LogP contribution in [-0.4, -0.2) is 12.6 Å². The molecule has 0 unspecified atom stereocenters. The molecule has 1 aliphatic carbocycles. The summed E-state index contributed by atoms with van der Waals surface area (Å²) >= 11 is 0. The smallest absolute Gasteiger partial charge is 0.339 e. The van der Waals surface area contributed by atoms with Gasteiger partial charge in [-0.15, -0.1) is 0 Å². The van der Waals surface area contributed by atoms with Gasteiger partial charge in [0, 0.05) is 5.70 Å². The first-order valence-corrected chi connectivity index (χ1v) is 4.58. The van der Waals surface area contributed by atoms with Crippen molar-refractivity contribution in [3.8, 4) is 0 Å². The second-order valence-corrected chi connectivity index (χ2v) is 3.02. The van der Waals surface area contributed by atoms with Crippen molar-refractivity contribution in [3.63, 3.8) is 0 Å². The van der Waals surface area contributed by atoms with E-state index in [4.69, 9.17) is 10.5 Å². The lowest BCUT2D eigenvalue weighted by Crippen LogP contribution is -2.15. The Morgan fingerprint density at radius 3 is 3.08 bits per heavy atom. The SMILES string of the molecule is CCCOC(=O)C1=C(N)CCC=C1. The topological polar surface area (TPSA) is 52.3 Å². The first kappa shape index (κ1) is 9.84. The number of ether oxygens (including phenoxy) is 1. The highest BCUT2D eigenvalue weighted by atomic mass is 16.5. The summed E-state index contributed by atoms with van der Waals surface area (Å²) < 4.78 is 4.97. The quantitative estimate of drug-likeness (QED) is 0.671. The molecule has 1 aliphatic rings. The van der Waals surface area contributed by atoms with Gasteiger partial charge in [-0.05, 0) is 25.3 Å². The molecule has 3 heteroatoms. The van der Waals surface area contributed by atoms with Crippen LogP contribution in [0.2, 0.25) is 0 Å². The van der Waals surface area contributed by atoms with Crippen molar-refractivity contribution < 1.29 is 9.53 Å². The lowest BCUT2D eigenvalue weighted by Gasteiger charge is -2.10. The molecule has 0 saturated carbocycles. The summed E-state index contributed by atoms with van der Waals surface area (Å²) in [6.07, 6.45) is 6.20. The number of nitrogens with two attached hydrogens (primary N) is 1. The molecule has 0 spiro atoms. The van der Waals surface area contributed by atoms with Gasteiger partial charge in [0.25, 0.3) is 0 Å². The molecule has 0 amide bonds. The summed E-state index contributed by atoms with van der Waals surface area (Å²) in [5.74, 6) is -0.296. The lowest BCUT2D eigenvalue weighted by molar-refractivity contribution is -0.138. The molecule has 0 aliphatic heterocycles. The molecule has 0 aromatic heterocycles. The van der Waals surface area contributed by atoms with Crippen LogP contribution in [0.15, 0.2) is 23.4 Å². The van der Waals surface area contributed by atoms with Gasteiger partial charge in [-0.1, -0.05) is 13.0 Å². The van der Waals surface area contributed by atoms with Crippen LogP contribution < -0.4 is 5.73 Å². The monoisotopic (exact) mass is 181 g/mol. The molecule has 0 fully saturated rings. The van der Waals surface area contributed by atoms with Crippen LogP contribution in [0.1, 0.15) is 26.2 Å². The van der Waals surface area contributed by atoms with E-state index in [0.717, 1.165) is 19.3 Å². The van der Waals surface area contributed by atoms with E-state index >= 15 is 0 Å². The number of rotatable bonds is 3. The number of carbonyl (C=O) groups excluding carboxylic acids is 1. The van der Waals surface area contributed by atoms with Crippen molar-refractivity contribution in [3.05, 3.63) is 23.4 Å². The Kier molecular flexibility index (Phi) is 3.55. The highest BCUT2D eigenvalue weighted by molar-refractivity contribution is 5.92. The Balaban J connectivity index is 2.59. The Morgan fingerprint density at radius 1 is 1.69 bits per heavy atom. The minimum Gasteiger partial charge on any atom is -0.462 e. The third-order valence-electron chi connectivity index (χ3n) is 1.87. The Bertz CT molecular complexity index is 254. The fraction of sp³-hybridized carbons (Fsp3) is 0.500. The van der Waals surface area contributed by atoms with E-state index in [1.807, 2.05) is 13.0 Å². The molecule has 0 saturated heterocycles. The second-order valence-electron chi connectivity index (χ2n) is 3.02. The van der Waals surface area contributed by atoms with Crippen molar-refractivity contribution in [1.82, 2.24) is 0 Å². The Labute approximate surface area is 78.3 Å². The van der Waals surface area contributed by atoms with Crippen LogP contribution in [0, 0.1) is 0 Å². The fourth-order valence-electron chi connectivity index (χ4n) is 1.15. The summed E-state index contributed by atoms with van der Waals surface area (Å²) in [5, 5.41) is 0. The van der Waals surface area contributed by atoms with Gasteiger partial charge in [0.2, 0.25) is 0 Å². The summed E-state index contributed by atoms with van der Waals surface area (Å²) in [5.41, 5.74) is 6.85. The maximum atomic E-state index is 11.4. The predicted molar refractivity (Wildman–Crippen MR) is 50.8 cm³/mol. The molecule has 0 heterocycles. The van der Waals surface area contributed by atoms with Crippen molar-refractivity contribution >= 4 is 5.97 Å². The predicted octanol–water partition coefficient (Wildman–Crippen LogP) is 1.50. The van der Waals surface area contributed by atoms with Crippen molar-refractivity contribution in [2.24, 2.45) is 5.73 Å². The molecule has 3 nitrogen and oxygen atoms in total. The molecule has 2 N–H and O–H groups in total. The molecular formula is C10H15NO2. The molecular weight excluding hydrogens is 166 g/mol. The van der Waals surface area contributed by atoms with Crippen LogP contribution in [0.3, 0.4) is 0 Å². The third-order valence-corrected chi connectivity index (χ3v) is 1.87. The van der Waals surface area contributed by atoms with E-state index in [1.54, 1.807) is 6.08 Å². The van der Waals surface area contributed by atoms with Crippen LogP contribution in [0.25, 0.3) is 0 Å². The van der Waals surface area contributed by atoms with Gasteiger partial charge in [0.15, 0.2) is 0 Å². The van der Waals surface area contributed by atoms with Gasteiger partial charge in [-0.3, -0.25) is 0 Å². The fourth-order valence-corrected chi connectivity index (χ4v) is 1.15. The molecule has 13 heavy (non-hydrogen) atoms. The maximum absolute atomic E-state index is 11.4. The van der Waals surface area contributed by atoms with Crippen molar-refractivity contribution in [2.45, 2.75) is 26.2 Å². The molecule has 0 aromatic rings. The summed E-state index contributed by atoms with van der Waals surface area (Å²) in [7, 11) is 0. The molecule has 0 atom stereocenters. The van der Waals surface area contributed by atoms with Crippen molar-refractivity contribution in [1.29, 1.82) is 0 Å².